The van der Waals surface area contributed by atoms with Crippen LogP contribution in [-0.4, -0.2) is 18.3 Å². The number of ether oxygens (including phenoxy) is 1. The van der Waals surface area contributed by atoms with Gasteiger partial charge < -0.3 is 9.84 Å². The number of halogens is 1. The Labute approximate surface area is 103 Å². The summed E-state index contributed by atoms with van der Waals surface area (Å²) in [6.45, 7) is 1.34. The third-order valence-electron chi connectivity index (χ3n) is 3.20. The van der Waals surface area contributed by atoms with Crippen molar-refractivity contribution >= 4 is 21.4 Å². The van der Waals surface area contributed by atoms with Crippen LogP contribution < -0.4 is 0 Å². The molecule has 2 aromatic rings. The van der Waals surface area contributed by atoms with Gasteiger partial charge in [-0.05, 0) is 36.1 Å². The molecule has 2 unspecified atom stereocenters. The molecule has 0 saturated carbocycles. The van der Waals surface area contributed by atoms with Gasteiger partial charge in [0.2, 0.25) is 0 Å². The third-order valence-corrected chi connectivity index (χ3v) is 4.39. The van der Waals surface area contributed by atoms with Gasteiger partial charge in [-0.3, -0.25) is 0 Å². The second-order valence-corrected chi connectivity index (χ2v) is 5.51. The van der Waals surface area contributed by atoms with Crippen LogP contribution in [0.2, 0.25) is 0 Å². The first kappa shape index (κ1) is 11.1. The molecule has 1 aromatic carbocycles. The normalized spacial score (nSPS) is 22.1. The Bertz CT molecular complexity index is 531. The summed E-state index contributed by atoms with van der Waals surface area (Å²) in [7, 11) is 0. The summed E-state index contributed by atoms with van der Waals surface area (Å²) in [6.07, 6.45) is 0.405. The van der Waals surface area contributed by atoms with Crippen molar-refractivity contribution in [2.45, 2.75) is 12.5 Å². The fourth-order valence-corrected chi connectivity index (χ4v) is 3.34. The van der Waals surface area contributed by atoms with E-state index in [1.54, 1.807) is 6.07 Å². The lowest BCUT2D eigenvalue weighted by Gasteiger charge is -2.13. The monoisotopic (exact) mass is 252 g/mol. The van der Waals surface area contributed by atoms with Crippen molar-refractivity contribution in [1.82, 2.24) is 0 Å². The first-order valence-electron chi connectivity index (χ1n) is 5.69. The Morgan fingerprint density at radius 2 is 2.29 bits per heavy atom. The Morgan fingerprint density at radius 3 is 3.06 bits per heavy atom. The highest BCUT2D eigenvalue weighted by Crippen LogP contribution is 2.36. The molecule has 1 N–H and O–H groups in total. The SMILES string of the molecule is OC(c1cc2cc(F)ccc2s1)C1CCOC1. The number of hydrogen-bond acceptors (Lipinski definition) is 3. The summed E-state index contributed by atoms with van der Waals surface area (Å²) in [4.78, 5) is 0.904. The highest BCUT2D eigenvalue weighted by Gasteiger charge is 2.26. The molecule has 3 rings (SSSR count). The average Bonchev–Trinajstić information content (AvgIpc) is 2.96. The lowest BCUT2D eigenvalue weighted by molar-refractivity contribution is 0.0945. The van der Waals surface area contributed by atoms with Crippen LogP contribution in [0.4, 0.5) is 4.39 Å². The second-order valence-electron chi connectivity index (χ2n) is 4.40. The number of aliphatic hydroxyl groups excluding tert-OH is 1. The van der Waals surface area contributed by atoms with E-state index in [2.05, 4.69) is 0 Å². The van der Waals surface area contributed by atoms with Crippen LogP contribution in [0.15, 0.2) is 24.3 Å². The topological polar surface area (TPSA) is 29.5 Å². The fourth-order valence-electron chi connectivity index (χ4n) is 2.21. The Balaban J connectivity index is 1.94. The number of hydrogen-bond donors (Lipinski definition) is 1. The van der Waals surface area contributed by atoms with Crippen LogP contribution in [0.25, 0.3) is 10.1 Å². The lowest BCUT2D eigenvalue weighted by Crippen LogP contribution is -2.10. The Kier molecular flexibility index (Phi) is 2.86. The van der Waals surface area contributed by atoms with Gasteiger partial charge in [0.15, 0.2) is 0 Å². The molecule has 1 aliphatic heterocycles. The van der Waals surface area contributed by atoms with Crippen LogP contribution in [0.1, 0.15) is 17.4 Å². The van der Waals surface area contributed by atoms with Gasteiger partial charge in [0.05, 0.1) is 12.7 Å². The molecule has 1 fully saturated rings. The fraction of sp³-hybridized carbons (Fsp3) is 0.385. The predicted octanol–water partition coefficient (Wildman–Crippen LogP) is 3.11. The maximum atomic E-state index is 13.1. The average molecular weight is 252 g/mol. The number of benzene rings is 1. The van der Waals surface area contributed by atoms with Crippen LogP contribution in [0.3, 0.4) is 0 Å². The first-order valence-corrected chi connectivity index (χ1v) is 6.50. The van der Waals surface area contributed by atoms with Crippen molar-refractivity contribution in [3.05, 3.63) is 35.0 Å². The molecule has 0 amide bonds. The molecule has 0 spiro atoms. The molecule has 4 heteroatoms. The van der Waals surface area contributed by atoms with E-state index in [-0.39, 0.29) is 11.7 Å². The van der Waals surface area contributed by atoms with E-state index in [0.29, 0.717) is 6.61 Å². The van der Waals surface area contributed by atoms with Gasteiger partial charge in [-0.2, -0.15) is 0 Å². The molecular formula is C13H13FO2S. The van der Waals surface area contributed by atoms with E-state index in [4.69, 9.17) is 4.74 Å². The highest BCUT2D eigenvalue weighted by atomic mass is 32.1. The molecule has 17 heavy (non-hydrogen) atoms. The smallest absolute Gasteiger partial charge is 0.123 e. The Morgan fingerprint density at radius 1 is 1.41 bits per heavy atom. The van der Waals surface area contributed by atoms with Crippen molar-refractivity contribution in [2.24, 2.45) is 5.92 Å². The molecule has 2 heterocycles. The van der Waals surface area contributed by atoms with Gasteiger partial charge in [-0.1, -0.05) is 0 Å². The first-order chi connectivity index (χ1) is 8.24. The van der Waals surface area contributed by atoms with Crippen LogP contribution >= 0.6 is 11.3 Å². The molecule has 2 atom stereocenters. The summed E-state index contributed by atoms with van der Waals surface area (Å²) in [5.74, 6) is -0.0616. The minimum atomic E-state index is -0.488. The maximum absolute atomic E-state index is 13.1. The summed E-state index contributed by atoms with van der Waals surface area (Å²) in [6, 6.07) is 6.60. The molecule has 1 aliphatic rings. The van der Waals surface area contributed by atoms with Gasteiger partial charge in [-0.15, -0.1) is 11.3 Å². The van der Waals surface area contributed by atoms with Crippen molar-refractivity contribution < 1.29 is 14.2 Å². The van der Waals surface area contributed by atoms with E-state index in [1.807, 2.05) is 6.07 Å². The zero-order chi connectivity index (χ0) is 11.8. The van der Waals surface area contributed by atoms with Gasteiger partial charge in [-0.25, -0.2) is 4.39 Å². The molecular weight excluding hydrogens is 239 g/mol. The number of thiophene rings is 1. The summed E-state index contributed by atoms with van der Waals surface area (Å²) >= 11 is 1.53. The molecule has 2 nitrogen and oxygen atoms in total. The molecule has 0 aliphatic carbocycles. The van der Waals surface area contributed by atoms with Gasteiger partial charge in [0.1, 0.15) is 5.82 Å². The summed E-state index contributed by atoms with van der Waals surface area (Å²) in [5, 5.41) is 11.1. The van der Waals surface area contributed by atoms with Crippen molar-refractivity contribution in [3.63, 3.8) is 0 Å². The number of rotatable bonds is 2. The molecule has 1 aromatic heterocycles. The van der Waals surface area contributed by atoms with Gasteiger partial charge >= 0.3 is 0 Å². The van der Waals surface area contributed by atoms with Crippen molar-refractivity contribution in [3.8, 4) is 0 Å². The Hall–Kier alpha value is -0.970. The third kappa shape index (κ3) is 2.08. The standard InChI is InChI=1S/C13H13FO2S/c14-10-1-2-11-9(5-10)6-12(17-11)13(15)8-3-4-16-7-8/h1-2,5-6,8,13,15H,3-4,7H2. The predicted molar refractivity (Wildman–Crippen MR) is 65.7 cm³/mol. The lowest BCUT2D eigenvalue weighted by atomic mass is 10.0. The van der Waals surface area contributed by atoms with E-state index < -0.39 is 6.10 Å². The van der Waals surface area contributed by atoms with Crippen LogP contribution in [0.5, 0.6) is 0 Å². The van der Waals surface area contributed by atoms with E-state index in [1.165, 1.54) is 23.5 Å². The van der Waals surface area contributed by atoms with E-state index in [0.717, 1.165) is 28.0 Å². The number of aliphatic hydroxyl groups is 1. The molecule has 1 saturated heterocycles. The minimum absolute atomic E-state index is 0.174. The molecule has 0 radical (unpaired) electrons. The van der Waals surface area contributed by atoms with E-state index in [9.17, 15) is 9.50 Å². The summed E-state index contributed by atoms with van der Waals surface area (Å²) in [5.41, 5.74) is 0. The maximum Gasteiger partial charge on any atom is 0.123 e. The highest BCUT2D eigenvalue weighted by molar-refractivity contribution is 7.19. The zero-order valence-corrected chi connectivity index (χ0v) is 10.0. The van der Waals surface area contributed by atoms with Crippen LogP contribution in [-0.2, 0) is 4.74 Å². The number of fused-ring (bicyclic) bond motifs is 1. The quantitative estimate of drug-likeness (QED) is 0.890. The second kappa shape index (κ2) is 4.37. The molecule has 90 valence electrons. The summed E-state index contributed by atoms with van der Waals surface area (Å²) < 4.78 is 19.4. The largest absolute Gasteiger partial charge is 0.387 e. The van der Waals surface area contributed by atoms with Crippen molar-refractivity contribution in [2.75, 3.05) is 13.2 Å². The van der Waals surface area contributed by atoms with Gasteiger partial charge in [0, 0.05) is 22.1 Å². The minimum Gasteiger partial charge on any atom is -0.387 e. The van der Waals surface area contributed by atoms with Crippen LogP contribution in [0, 0.1) is 11.7 Å². The zero-order valence-electron chi connectivity index (χ0n) is 9.23. The molecule has 0 bridgehead atoms. The van der Waals surface area contributed by atoms with E-state index >= 15 is 0 Å². The van der Waals surface area contributed by atoms with Gasteiger partial charge in [0.25, 0.3) is 0 Å². The van der Waals surface area contributed by atoms with Crippen molar-refractivity contribution in [1.29, 1.82) is 0 Å².